The molecular weight excluding hydrogens is 332 g/mol. The summed E-state index contributed by atoms with van der Waals surface area (Å²) in [5, 5.41) is 4.11. The lowest BCUT2D eigenvalue weighted by molar-refractivity contribution is 0.0633. The van der Waals surface area contributed by atoms with E-state index in [2.05, 4.69) is 28.3 Å². The highest BCUT2D eigenvalue weighted by Crippen LogP contribution is 2.28. The number of aromatic nitrogens is 2. The Kier molecular flexibility index (Phi) is 4.55. The number of amides is 1. The topological polar surface area (TPSA) is 40.8 Å². The molecular formula is C19H22N4OS. The quantitative estimate of drug-likeness (QED) is 0.722. The van der Waals surface area contributed by atoms with Crippen LogP contribution >= 0.6 is 11.3 Å². The molecule has 0 aromatic carbocycles. The van der Waals surface area contributed by atoms with Crippen molar-refractivity contribution in [1.82, 2.24) is 19.2 Å². The van der Waals surface area contributed by atoms with Gasteiger partial charge in [-0.3, -0.25) is 14.1 Å². The number of rotatable bonds is 4. The monoisotopic (exact) mass is 354 g/mol. The highest BCUT2D eigenvalue weighted by Gasteiger charge is 2.27. The number of carbonyl (C=O) groups is 1. The van der Waals surface area contributed by atoms with E-state index in [9.17, 15) is 4.79 Å². The van der Waals surface area contributed by atoms with Gasteiger partial charge in [0.15, 0.2) is 5.69 Å². The molecule has 0 radical (unpaired) electrons. The molecule has 1 aliphatic rings. The second-order valence-electron chi connectivity index (χ2n) is 6.38. The molecule has 1 amide bonds. The maximum atomic E-state index is 13.2. The summed E-state index contributed by atoms with van der Waals surface area (Å²) < 4.78 is 2.02. The number of hydrogen-bond donors (Lipinski definition) is 0. The van der Waals surface area contributed by atoms with Crippen molar-refractivity contribution in [3.63, 3.8) is 0 Å². The maximum Gasteiger partial charge on any atom is 0.274 e. The van der Waals surface area contributed by atoms with Crippen LogP contribution < -0.4 is 0 Å². The fraction of sp³-hybridized carbons (Fsp3) is 0.368. The van der Waals surface area contributed by atoms with Crippen LogP contribution in [0.15, 0.2) is 41.2 Å². The lowest BCUT2D eigenvalue weighted by atomic mass is 10.1. The van der Waals surface area contributed by atoms with Gasteiger partial charge in [0.05, 0.1) is 5.69 Å². The van der Waals surface area contributed by atoms with E-state index in [0.717, 1.165) is 56.0 Å². The van der Waals surface area contributed by atoms with E-state index in [-0.39, 0.29) is 5.91 Å². The van der Waals surface area contributed by atoms with Crippen molar-refractivity contribution < 1.29 is 4.79 Å². The van der Waals surface area contributed by atoms with Crippen LogP contribution in [0.1, 0.15) is 23.8 Å². The third-order valence-electron chi connectivity index (χ3n) is 4.73. The van der Waals surface area contributed by atoms with Crippen LogP contribution in [0.5, 0.6) is 0 Å². The SMILES string of the molecule is CCCN1CCN(C(=O)c2nc3ccccn3c2-c2ccsc2)CC1. The minimum Gasteiger partial charge on any atom is -0.335 e. The van der Waals surface area contributed by atoms with Gasteiger partial charge in [0, 0.05) is 43.3 Å². The number of nitrogens with zero attached hydrogens (tertiary/aromatic N) is 4. The molecule has 0 unspecified atom stereocenters. The highest BCUT2D eigenvalue weighted by atomic mass is 32.1. The van der Waals surface area contributed by atoms with Gasteiger partial charge in [-0.1, -0.05) is 13.0 Å². The van der Waals surface area contributed by atoms with Crippen molar-refractivity contribution in [1.29, 1.82) is 0 Å². The van der Waals surface area contributed by atoms with Gasteiger partial charge in [-0.15, -0.1) is 0 Å². The number of carbonyl (C=O) groups excluding carboxylic acids is 1. The first kappa shape index (κ1) is 16.3. The molecule has 3 aromatic rings. The van der Waals surface area contributed by atoms with Crippen LogP contribution in [-0.2, 0) is 0 Å². The molecule has 3 aromatic heterocycles. The van der Waals surface area contributed by atoms with Crippen LogP contribution in [0, 0.1) is 0 Å². The standard InChI is InChI=1S/C19H22N4OS/c1-2-7-21-9-11-22(12-10-21)19(24)17-18(15-6-13-25-14-15)23-8-4-3-5-16(23)20-17/h3-6,8,13-14H,2,7,9-12H2,1H3. The largest absolute Gasteiger partial charge is 0.335 e. The molecule has 0 aliphatic carbocycles. The van der Waals surface area contributed by atoms with Gasteiger partial charge in [0.2, 0.25) is 0 Å². The third kappa shape index (κ3) is 3.07. The summed E-state index contributed by atoms with van der Waals surface area (Å²) in [6, 6.07) is 7.93. The summed E-state index contributed by atoms with van der Waals surface area (Å²) in [6.07, 6.45) is 3.13. The molecule has 1 saturated heterocycles. The second kappa shape index (κ2) is 6.98. The van der Waals surface area contributed by atoms with Gasteiger partial charge >= 0.3 is 0 Å². The Balaban J connectivity index is 1.67. The van der Waals surface area contributed by atoms with Crippen LogP contribution in [-0.4, -0.2) is 57.8 Å². The molecule has 4 heterocycles. The Morgan fingerprint density at radius 2 is 2.04 bits per heavy atom. The predicted molar refractivity (Wildman–Crippen MR) is 101 cm³/mol. The number of imidazole rings is 1. The molecule has 0 bridgehead atoms. The second-order valence-corrected chi connectivity index (χ2v) is 7.16. The lowest BCUT2D eigenvalue weighted by Crippen LogP contribution is -2.48. The zero-order chi connectivity index (χ0) is 17.2. The number of hydrogen-bond acceptors (Lipinski definition) is 4. The van der Waals surface area contributed by atoms with Crippen molar-refractivity contribution >= 4 is 22.9 Å². The van der Waals surface area contributed by atoms with E-state index >= 15 is 0 Å². The zero-order valence-corrected chi connectivity index (χ0v) is 15.2. The van der Waals surface area contributed by atoms with Crippen LogP contribution in [0.2, 0.25) is 0 Å². The Morgan fingerprint density at radius 1 is 1.20 bits per heavy atom. The molecule has 25 heavy (non-hydrogen) atoms. The normalized spacial score (nSPS) is 15.8. The number of piperazine rings is 1. The summed E-state index contributed by atoms with van der Waals surface area (Å²) in [7, 11) is 0. The van der Waals surface area contributed by atoms with Crippen molar-refractivity contribution in [2.45, 2.75) is 13.3 Å². The van der Waals surface area contributed by atoms with Crippen molar-refractivity contribution in [3.05, 3.63) is 46.9 Å². The molecule has 4 rings (SSSR count). The first-order valence-corrected chi connectivity index (χ1v) is 9.73. The summed E-state index contributed by atoms with van der Waals surface area (Å²) in [4.78, 5) is 22.2. The average molecular weight is 354 g/mol. The molecule has 0 N–H and O–H groups in total. The fourth-order valence-corrected chi connectivity index (χ4v) is 4.10. The Bertz CT molecular complexity index is 863. The first-order valence-electron chi connectivity index (χ1n) is 8.79. The summed E-state index contributed by atoms with van der Waals surface area (Å²) in [6.45, 7) is 6.74. The minimum atomic E-state index is 0.0426. The van der Waals surface area contributed by atoms with Gasteiger partial charge < -0.3 is 4.90 Å². The van der Waals surface area contributed by atoms with Gasteiger partial charge in [-0.05, 0) is 36.5 Å². The van der Waals surface area contributed by atoms with Gasteiger partial charge in [0.1, 0.15) is 5.65 Å². The molecule has 0 saturated carbocycles. The van der Waals surface area contributed by atoms with Crippen molar-refractivity contribution in [3.8, 4) is 11.3 Å². The van der Waals surface area contributed by atoms with E-state index in [4.69, 9.17) is 0 Å². The molecule has 1 fully saturated rings. The molecule has 130 valence electrons. The van der Waals surface area contributed by atoms with Crippen LogP contribution in [0.4, 0.5) is 0 Å². The predicted octanol–water partition coefficient (Wildman–Crippen LogP) is 3.23. The molecule has 0 atom stereocenters. The maximum absolute atomic E-state index is 13.2. The summed E-state index contributed by atoms with van der Waals surface area (Å²) >= 11 is 1.64. The summed E-state index contributed by atoms with van der Waals surface area (Å²) in [5.41, 5.74) is 3.33. The number of fused-ring (bicyclic) bond motifs is 1. The third-order valence-corrected chi connectivity index (χ3v) is 5.41. The summed E-state index contributed by atoms with van der Waals surface area (Å²) in [5.74, 6) is 0.0426. The smallest absolute Gasteiger partial charge is 0.274 e. The van der Waals surface area contributed by atoms with E-state index in [0.29, 0.717) is 5.69 Å². The van der Waals surface area contributed by atoms with Crippen molar-refractivity contribution in [2.75, 3.05) is 32.7 Å². The zero-order valence-electron chi connectivity index (χ0n) is 14.4. The van der Waals surface area contributed by atoms with Crippen LogP contribution in [0.3, 0.4) is 0 Å². The fourth-order valence-electron chi connectivity index (χ4n) is 3.46. The number of pyridine rings is 1. The Morgan fingerprint density at radius 3 is 2.76 bits per heavy atom. The Hall–Kier alpha value is -2.18. The Labute approximate surface area is 151 Å². The minimum absolute atomic E-state index is 0.0426. The highest BCUT2D eigenvalue weighted by molar-refractivity contribution is 7.08. The van der Waals surface area contributed by atoms with Gasteiger partial charge in [0.25, 0.3) is 5.91 Å². The lowest BCUT2D eigenvalue weighted by Gasteiger charge is -2.34. The average Bonchev–Trinajstić information content (AvgIpc) is 3.29. The molecule has 0 spiro atoms. The van der Waals surface area contributed by atoms with Gasteiger partial charge in [-0.2, -0.15) is 11.3 Å². The number of thiophene rings is 1. The van der Waals surface area contributed by atoms with E-state index in [1.807, 2.05) is 39.1 Å². The van der Waals surface area contributed by atoms with E-state index in [1.165, 1.54) is 0 Å². The van der Waals surface area contributed by atoms with Crippen molar-refractivity contribution in [2.24, 2.45) is 0 Å². The van der Waals surface area contributed by atoms with Gasteiger partial charge in [-0.25, -0.2) is 4.98 Å². The molecule has 5 nitrogen and oxygen atoms in total. The first-order chi connectivity index (χ1) is 12.3. The molecule has 6 heteroatoms. The van der Waals surface area contributed by atoms with Crippen LogP contribution in [0.25, 0.3) is 16.9 Å². The molecule has 1 aliphatic heterocycles. The van der Waals surface area contributed by atoms with E-state index in [1.54, 1.807) is 11.3 Å². The van der Waals surface area contributed by atoms with E-state index < -0.39 is 0 Å².